The number of carboxylic acid groups (broad SMARTS) is 1. The number of carbonyl (C=O) groups is 3. The van der Waals surface area contributed by atoms with Crippen molar-refractivity contribution in [2.75, 3.05) is 13.7 Å². The zero-order valence-corrected chi connectivity index (χ0v) is 23.3. The second-order valence-corrected chi connectivity index (χ2v) is 10.7. The molecule has 5 rings (SSSR count). The van der Waals surface area contributed by atoms with E-state index in [0.717, 1.165) is 28.1 Å². The van der Waals surface area contributed by atoms with Gasteiger partial charge in [-0.15, -0.1) is 6.58 Å². The lowest BCUT2D eigenvalue weighted by Gasteiger charge is -2.43. The van der Waals surface area contributed by atoms with E-state index >= 15 is 0 Å². The van der Waals surface area contributed by atoms with E-state index in [1.807, 2.05) is 24.3 Å². The average molecular weight is 562 g/mol. The van der Waals surface area contributed by atoms with E-state index in [4.69, 9.17) is 21.1 Å². The van der Waals surface area contributed by atoms with Crippen LogP contribution in [-0.4, -0.2) is 41.2 Å². The molecule has 0 amide bonds. The van der Waals surface area contributed by atoms with Crippen LogP contribution < -0.4 is 9.47 Å². The highest BCUT2D eigenvalue weighted by Crippen LogP contribution is 2.50. The topological polar surface area (TPSA) is 93.1 Å². The summed E-state index contributed by atoms with van der Waals surface area (Å²) in [4.78, 5) is 40.6. The Hall–Kier alpha value is -3.84. The van der Waals surface area contributed by atoms with Gasteiger partial charge in [0.2, 0.25) is 0 Å². The van der Waals surface area contributed by atoms with E-state index in [0.29, 0.717) is 79.2 Å². The van der Waals surface area contributed by atoms with Gasteiger partial charge >= 0.3 is 5.97 Å². The normalized spacial score (nSPS) is 17.5. The minimum absolute atomic E-state index is 0.0427. The smallest absolute Gasteiger partial charge is 0.323 e. The molecular weight excluding hydrogens is 530 g/mol. The Balaban J connectivity index is 1.64. The SMILES string of the molecule is C=CCc1cc(C2C3=C(CCCC3=O)N(CC(=O)O)C3=C2C(=O)CCC3)cc(OC)c1OCc1ccc(Cl)cc1. The lowest BCUT2D eigenvalue weighted by molar-refractivity contribution is -0.138. The predicted molar refractivity (Wildman–Crippen MR) is 152 cm³/mol. The molecule has 0 atom stereocenters. The molecule has 0 radical (unpaired) electrons. The standard InChI is InChI=1S/C32H32ClNO6/c1-3-6-20-15-21(16-27(39-2)32(20)40-18-19-11-13-22(33)14-12-19)29-30-23(7-4-9-25(30)35)34(17-28(37)38)24-8-5-10-26(36)31(24)29/h3,11-16,29H,1,4-10,17-18H2,2H3,(H,37,38). The first-order valence-electron chi connectivity index (χ1n) is 13.5. The quantitative estimate of drug-likeness (QED) is 0.367. The number of hydrogen-bond acceptors (Lipinski definition) is 6. The summed E-state index contributed by atoms with van der Waals surface area (Å²) < 4.78 is 12.0. The summed E-state index contributed by atoms with van der Waals surface area (Å²) in [6, 6.07) is 11.2. The summed E-state index contributed by atoms with van der Waals surface area (Å²) >= 11 is 6.03. The molecule has 40 heavy (non-hydrogen) atoms. The summed E-state index contributed by atoms with van der Waals surface area (Å²) in [7, 11) is 1.56. The van der Waals surface area contributed by atoms with Crippen molar-refractivity contribution in [2.45, 2.75) is 57.5 Å². The molecule has 2 aliphatic carbocycles. The van der Waals surface area contributed by atoms with Gasteiger partial charge in [0.25, 0.3) is 0 Å². The largest absolute Gasteiger partial charge is 0.493 e. The molecule has 1 heterocycles. The number of carboxylic acids is 1. The van der Waals surface area contributed by atoms with Crippen molar-refractivity contribution in [3.63, 3.8) is 0 Å². The molecule has 0 fully saturated rings. The van der Waals surface area contributed by atoms with Crippen molar-refractivity contribution >= 4 is 29.1 Å². The minimum atomic E-state index is -0.995. The van der Waals surface area contributed by atoms with Crippen molar-refractivity contribution in [1.29, 1.82) is 0 Å². The van der Waals surface area contributed by atoms with Gasteiger partial charge in [-0.2, -0.15) is 0 Å². The lowest BCUT2D eigenvalue weighted by atomic mass is 9.70. The second kappa shape index (κ2) is 11.7. The number of benzene rings is 2. The average Bonchev–Trinajstić information content (AvgIpc) is 2.93. The van der Waals surface area contributed by atoms with Crippen LogP contribution in [0.4, 0.5) is 0 Å². The Morgan fingerprint density at radius 1 is 1.05 bits per heavy atom. The predicted octanol–water partition coefficient (Wildman–Crippen LogP) is 6.15. The summed E-state index contributed by atoms with van der Waals surface area (Å²) in [5, 5.41) is 10.3. The third-order valence-electron chi connectivity index (χ3n) is 7.75. The van der Waals surface area contributed by atoms with Crippen LogP contribution in [0.3, 0.4) is 0 Å². The van der Waals surface area contributed by atoms with Crippen molar-refractivity contribution in [2.24, 2.45) is 0 Å². The number of aliphatic carboxylic acids is 1. The third kappa shape index (κ3) is 5.30. The van der Waals surface area contributed by atoms with Gasteiger partial charge in [-0.25, -0.2) is 0 Å². The fourth-order valence-corrected chi connectivity index (χ4v) is 6.21. The number of allylic oxidation sites excluding steroid dienone is 5. The van der Waals surface area contributed by atoms with Gasteiger partial charge in [0.15, 0.2) is 23.1 Å². The molecule has 0 saturated carbocycles. The summed E-state index contributed by atoms with van der Waals surface area (Å²) in [6.07, 6.45) is 5.48. The molecule has 1 aliphatic heterocycles. The van der Waals surface area contributed by atoms with Crippen LogP contribution in [-0.2, 0) is 27.4 Å². The Labute approximate surface area is 238 Å². The molecule has 8 heteroatoms. The van der Waals surface area contributed by atoms with Gasteiger partial charge in [-0.3, -0.25) is 14.4 Å². The van der Waals surface area contributed by atoms with Crippen LogP contribution in [0.25, 0.3) is 0 Å². The molecule has 2 aromatic rings. The van der Waals surface area contributed by atoms with Gasteiger partial charge in [-0.1, -0.05) is 35.9 Å². The highest BCUT2D eigenvalue weighted by molar-refractivity contribution is 6.30. The minimum Gasteiger partial charge on any atom is -0.493 e. The fourth-order valence-electron chi connectivity index (χ4n) is 6.08. The Morgan fingerprint density at radius 3 is 2.23 bits per heavy atom. The van der Waals surface area contributed by atoms with Crippen LogP contribution in [0.5, 0.6) is 11.5 Å². The summed E-state index contributed by atoms with van der Waals surface area (Å²) in [5.41, 5.74) is 5.03. The lowest BCUT2D eigenvalue weighted by Crippen LogP contribution is -2.41. The number of methoxy groups -OCH3 is 1. The zero-order chi connectivity index (χ0) is 28.4. The van der Waals surface area contributed by atoms with E-state index < -0.39 is 11.9 Å². The number of rotatable bonds is 9. The molecule has 3 aliphatic rings. The number of carbonyl (C=O) groups excluding carboxylic acids is 2. The van der Waals surface area contributed by atoms with Gasteiger partial charge in [-0.05, 0) is 61.4 Å². The Morgan fingerprint density at radius 2 is 1.68 bits per heavy atom. The van der Waals surface area contributed by atoms with Crippen molar-refractivity contribution < 1.29 is 29.0 Å². The Kier molecular flexibility index (Phi) is 8.12. The number of nitrogens with zero attached hydrogens (tertiary/aromatic N) is 1. The zero-order valence-electron chi connectivity index (χ0n) is 22.5. The molecule has 0 spiro atoms. The summed E-state index contributed by atoms with van der Waals surface area (Å²) in [5.74, 6) is -0.605. The maximum Gasteiger partial charge on any atom is 0.323 e. The van der Waals surface area contributed by atoms with Gasteiger partial charge in [0.05, 0.1) is 7.11 Å². The van der Waals surface area contributed by atoms with Gasteiger partial charge < -0.3 is 19.5 Å². The number of ether oxygens (including phenoxy) is 2. The molecule has 208 valence electrons. The van der Waals surface area contributed by atoms with E-state index in [1.165, 1.54) is 0 Å². The maximum atomic E-state index is 13.5. The number of hydrogen-bond donors (Lipinski definition) is 1. The van der Waals surface area contributed by atoms with E-state index in [1.54, 1.807) is 30.2 Å². The van der Waals surface area contributed by atoms with Crippen LogP contribution in [0.15, 0.2) is 71.6 Å². The second-order valence-electron chi connectivity index (χ2n) is 10.3. The molecule has 0 saturated heterocycles. The first kappa shape index (κ1) is 27.7. The fraction of sp³-hybridized carbons (Fsp3) is 0.344. The molecular formula is C32H32ClNO6. The first-order valence-corrected chi connectivity index (χ1v) is 13.9. The highest BCUT2D eigenvalue weighted by Gasteiger charge is 2.44. The maximum absolute atomic E-state index is 13.5. The molecule has 0 bridgehead atoms. The van der Waals surface area contributed by atoms with E-state index in [-0.39, 0.29) is 18.1 Å². The Bertz CT molecular complexity index is 1390. The van der Waals surface area contributed by atoms with Crippen molar-refractivity contribution in [3.8, 4) is 11.5 Å². The van der Waals surface area contributed by atoms with Crippen LogP contribution >= 0.6 is 11.6 Å². The van der Waals surface area contributed by atoms with Crippen molar-refractivity contribution in [1.82, 2.24) is 4.90 Å². The van der Waals surface area contributed by atoms with Crippen LogP contribution in [0, 0.1) is 0 Å². The van der Waals surface area contributed by atoms with Crippen molar-refractivity contribution in [3.05, 3.63) is 93.3 Å². The number of Topliss-reactive ketones (excluding diaryl/α,β-unsaturated/α-hetero) is 2. The van der Waals surface area contributed by atoms with Crippen LogP contribution in [0.2, 0.25) is 5.02 Å². The van der Waals surface area contributed by atoms with Gasteiger partial charge in [0, 0.05) is 51.9 Å². The molecule has 7 nitrogen and oxygen atoms in total. The molecule has 0 aromatic heterocycles. The number of halogens is 1. The van der Waals surface area contributed by atoms with Gasteiger partial charge in [0.1, 0.15) is 13.2 Å². The van der Waals surface area contributed by atoms with Crippen LogP contribution in [0.1, 0.15) is 61.1 Å². The molecule has 0 unspecified atom stereocenters. The highest BCUT2D eigenvalue weighted by atomic mass is 35.5. The monoisotopic (exact) mass is 561 g/mol. The molecule has 2 aromatic carbocycles. The van der Waals surface area contributed by atoms with E-state index in [9.17, 15) is 19.5 Å². The molecule has 1 N–H and O–H groups in total. The summed E-state index contributed by atoms with van der Waals surface area (Å²) in [6.45, 7) is 3.94. The third-order valence-corrected chi connectivity index (χ3v) is 8.00. The van der Waals surface area contributed by atoms with E-state index in [2.05, 4.69) is 6.58 Å². The number of ketones is 2. The first-order chi connectivity index (χ1) is 19.3.